The monoisotopic (exact) mass is 502 g/mol. The summed E-state index contributed by atoms with van der Waals surface area (Å²) in [7, 11) is 0. The maximum atomic E-state index is 13.7. The number of anilines is 2. The van der Waals surface area contributed by atoms with Crippen molar-refractivity contribution in [2.45, 2.75) is 44.7 Å². The Morgan fingerprint density at radius 1 is 1.25 bits per heavy atom. The van der Waals surface area contributed by atoms with Gasteiger partial charge in [-0.2, -0.15) is 13.2 Å². The highest BCUT2D eigenvalue weighted by Crippen LogP contribution is 2.51. The number of Topliss-reactive ketones (excluding diaryl/α,β-unsaturated/α-hetero) is 1. The van der Waals surface area contributed by atoms with E-state index in [0.29, 0.717) is 36.5 Å². The van der Waals surface area contributed by atoms with Gasteiger partial charge in [0.25, 0.3) is 0 Å². The number of ketones is 1. The second kappa shape index (κ2) is 9.73. The summed E-state index contributed by atoms with van der Waals surface area (Å²) in [5.74, 6) is 0.429. The van der Waals surface area contributed by atoms with E-state index in [1.807, 2.05) is 0 Å². The third kappa shape index (κ3) is 5.25. The number of rotatable bonds is 7. The highest BCUT2D eigenvalue weighted by molar-refractivity contribution is 6.01. The van der Waals surface area contributed by atoms with Gasteiger partial charge in [-0.25, -0.2) is 14.8 Å². The van der Waals surface area contributed by atoms with Crippen LogP contribution in [0.25, 0.3) is 5.57 Å². The van der Waals surface area contributed by atoms with E-state index >= 15 is 0 Å². The molecule has 2 aliphatic rings. The number of nitrogens with one attached hydrogen (secondary N) is 2. The molecule has 36 heavy (non-hydrogen) atoms. The molecule has 1 fully saturated rings. The SMILES string of the molecule is CCOC1=CC(c2ncc(NC(=O)Nc3ccc(C4(CO)CC4)c(C(F)(F)F)c3)c(C)n2)=CCC1=O. The molecule has 0 aliphatic heterocycles. The summed E-state index contributed by atoms with van der Waals surface area (Å²) in [5, 5.41) is 14.5. The topological polar surface area (TPSA) is 113 Å². The Balaban J connectivity index is 1.48. The first-order valence-corrected chi connectivity index (χ1v) is 11.4. The number of allylic oxidation sites excluding steroid dienone is 4. The maximum Gasteiger partial charge on any atom is 0.416 e. The predicted molar refractivity (Wildman–Crippen MR) is 126 cm³/mol. The van der Waals surface area contributed by atoms with Crippen LogP contribution in [0.2, 0.25) is 0 Å². The van der Waals surface area contributed by atoms with Crippen LogP contribution < -0.4 is 10.6 Å². The first kappa shape index (κ1) is 25.4. The minimum Gasteiger partial charge on any atom is -0.490 e. The van der Waals surface area contributed by atoms with Gasteiger partial charge >= 0.3 is 12.2 Å². The van der Waals surface area contributed by atoms with E-state index in [1.165, 1.54) is 18.3 Å². The number of aryl methyl sites for hydroxylation is 1. The molecule has 190 valence electrons. The predicted octanol–water partition coefficient (Wildman–Crippen LogP) is 4.75. The molecule has 1 aromatic heterocycles. The number of halogens is 3. The minimum absolute atomic E-state index is 0.0311. The van der Waals surface area contributed by atoms with E-state index in [2.05, 4.69) is 20.6 Å². The van der Waals surface area contributed by atoms with Crippen molar-refractivity contribution in [3.63, 3.8) is 0 Å². The van der Waals surface area contributed by atoms with Crippen LogP contribution in [-0.4, -0.2) is 40.1 Å². The molecular weight excluding hydrogens is 477 g/mol. The molecule has 2 aromatic rings. The Morgan fingerprint density at radius 3 is 2.61 bits per heavy atom. The zero-order valence-corrected chi connectivity index (χ0v) is 19.7. The second-order valence-corrected chi connectivity index (χ2v) is 8.70. The first-order valence-electron chi connectivity index (χ1n) is 11.4. The van der Waals surface area contributed by atoms with E-state index in [0.717, 1.165) is 6.07 Å². The van der Waals surface area contributed by atoms with Gasteiger partial charge in [0.1, 0.15) is 0 Å². The van der Waals surface area contributed by atoms with Gasteiger partial charge in [-0.3, -0.25) is 4.79 Å². The molecule has 0 radical (unpaired) electrons. The Hall–Kier alpha value is -3.73. The van der Waals surface area contributed by atoms with Crippen LogP contribution in [0.5, 0.6) is 0 Å². The van der Waals surface area contributed by atoms with Crippen LogP contribution in [0.4, 0.5) is 29.3 Å². The van der Waals surface area contributed by atoms with Gasteiger partial charge in [-0.05, 0) is 50.5 Å². The summed E-state index contributed by atoms with van der Waals surface area (Å²) >= 11 is 0. The van der Waals surface area contributed by atoms with Crippen molar-refractivity contribution >= 4 is 28.8 Å². The van der Waals surface area contributed by atoms with Gasteiger partial charge in [-0.15, -0.1) is 0 Å². The third-order valence-corrected chi connectivity index (χ3v) is 6.16. The lowest BCUT2D eigenvalue weighted by Crippen LogP contribution is -2.23. The zero-order valence-electron chi connectivity index (χ0n) is 19.7. The van der Waals surface area contributed by atoms with E-state index in [4.69, 9.17) is 4.74 Å². The number of carbonyl (C=O) groups excluding carboxylic acids is 2. The molecule has 0 bridgehead atoms. The van der Waals surface area contributed by atoms with Gasteiger partial charge in [0.2, 0.25) is 5.78 Å². The number of urea groups is 1. The molecule has 2 amide bonds. The van der Waals surface area contributed by atoms with Crippen molar-refractivity contribution < 1.29 is 32.6 Å². The van der Waals surface area contributed by atoms with Crippen molar-refractivity contribution in [3.8, 4) is 0 Å². The number of aromatic nitrogens is 2. The summed E-state index contributed by atoms with van der Waals surface area (Å²) in [5.41, 5.74) is -0.474. The highest BCUT2D eigenvalue weighted by atomic mass is 19.4. The number of nitrogens with zero attached hydrogens (tertiary/aromatic N) is 2. The number of alkyl halides is 3. The Labute approximate surface area is 205 Å². The lowest BCUT2D eigenvalue weighted by atomic mass is 9.91. The largest absolute Gasteiger partial charge is 0.490 e. The van der Waals surface area contributed by atoms with Crippen LogP contribution in [0, 0.1) is 6.92 Å². The standard InChI is InChI=1S/C25H25F3N4O4/c1-3-36-21-10-15(4-7-20(21)34)22-29-12-19(14(2)30-22)32-23(35)31-16-5-6-17(24(13-33)8-9-24)18(11-16)25(26,27)28/h4-6,10-12,33H,3,7-9,13H2,1-2H3,(H2,31,32,35). The average molecular weight is 502 g/mol. The molecule has 0 atom stereocenters. The van der Waals surface area contributed by atoms with Gasteiger partial charge in [0.05, 0.1) is 36.4 Å². The lowest BCUT2D eigenvalue weighted by Gasteiger charge is -2.20. The van der Waals surface area contributed by atoms with E-state index < -0.39 is 23.2 Å². The number of hydrogen-bond donors (Lipinski definition) is 3. The molecule has 8 nitrogen and oxygen atoms in total. The first-order chi connectivity index (χ1) is 17.1. The van der Waals surface area contributed by atoms with Crippen molar-refractivity contribution in [1.82, 2.24) is 9.97 Å². The summed E-state index contributed by atoms with van der Waals surface area (Å²) in [6.45, 7) is 3.39. The van der Waals surface area contributed by atoms with Crippen molar-refractivity contribution in [3.05, 3.63) is 65.0 Å². The Bertz CT molecular complexity index is 1270. The highest BCUT2D eigenvalue weighted by Gasteiger charge is 2.49. The fourth-order valence-electron chi connectivity index (χ4n) is 4.01. The van der Waals surface area contributed by atoms with Crippen LogP contribution in [0.1, 0.15) is 48.8 Å². The number of aliphatic hydroxyl groups is 1. The molecule has 3 N–H and O–H groups in total. The molecule has 11 heteroatoms. The van der Waals surface area contributed by atoms with Gasteiger partial charge in [0.15, 0.2) is 11.6 Å². The van der Waals surface area contributed by atoms with Crippen molar-refractivity contribution in [2.24, 2.45) is 0 Å². The second-order valence-electron chi connectivity index (χ2n) is 8.70. The molecule has 1 heterocycles. The number of benzene rings is 1. The zero-order chi connectivity index (χ0) is 26.1. The summed E-state index contributed by atoms with van der Waals surface area (Å²) in [4.78, 5) is 33.0. The number of hydrogen-bond acceptors (Lipinski definition) is 6. The van der Waals surface area contributed by atoms with Crippen LogP contribution in [0.3, 0.4) is 0 Å². The van der Waals surface area contributed by atoms with Gasteiger partial charge < -0.3 is 20.5 Å². The van der Waals surface area contributed by atoms with Gasteiger partial charge in [0, 0.05) is 23.1 Å². The quantitative estimate of drug-likeness (QED) is 0.504. The minimum atomic E-state index is -4.64. The fourth-order valence-corrected chi connectivity index (χ4v) is 4.01. The van der Waals surface area contributed by atoms with E-state index in [-0.39, 0.29) is 41.5 Å². The molecule has 2 aliphatic carbocycles. The molecule has 0 saturated heterocycles. The molecular formula is C25H25F3N4O4. The summed E-state index contributed by atoms with van der Waals surface area (Å²) < 4.78 is 46.4. The summed E-state index contributed by atoms with van der Waals surface area (Å²) in [6, 6.07) is 2.79. The molecule has 0 spiro atoms. The number of carbonyl (C=O) groups is 2. The number of amides is 2. The maximum absolute atomic E-state index is 13.7. The Morgan fingerprint density at radius 2 is 2.00 bits per heavy atom. The van der Waals surface area contributed by atoms with Crippen molar-refractivity contribution in [2.75, 3.05) is 23.8 Å². The normalized spacial score (nSPS) is 16.7. The fraction of sp³-hybridized carbons (Fsp3) is 0.360. The van der Waals surface area contributed by atoms with E-state index in [1.54, 1.807) is 26.0 Å². The molecule has 1 aromatic carbocycles. The molecule has 0 unspecified atom stereocenters. The van der Waals surface area contributed by atoms with Gasteiger partial charge in [-0.1, -0.05) is 12.1 Å². The van der Waals surface area contributed by atoms with Crippen LogP contribution in [0.15, 0.2) is 42.3 Å². The third-order valence-electron chi connectivity index (χ3n) is 6.16. The molecule has 1 saturated carbocycles. The lowest BCUT2D eigenvalue weighted by molar-refractivity contribution is -0.138. The van der Waals surface area contributed by atoms with Crippen LogP contribution >= 0.6 is 0 Å². The number of aliphatic hydroxyl groups excluding tert-OH is 1. The molecule has 4 rings (SSSR count). The van der Waals surface area contributed by atoms with E-state index in [9.17, 15) is 27.9 Å². The summed E-state index contributed by atoms with van der Waals surface area (Å²) in [6.07, 6.45) is 1.10. The number of ether oxygens (including phenoxy) is 1. The smallest absolute Gasteiger partial charge is 0.416 e. The van der Waals surface area contributed by atoms with Crippen LogP contribution in [-0.2, 0) is 21.1 Å². The average Bonchev–Trinajstić information content (AvgIpc) is 3.62. The Kier molecular flexibility index (Phi) is 6.85. The van der Waals surface area contributed by atoms with Crippen molar-refractivity contribution in [1.29, 1.82) is 0 Å².